The molecule has 0 saturated heterocycles. The molecule has 2 aromatic carbocycles. The van der Waals surface area contributed by atoms with Gasteiger partial charge in [-0.3, -0.25) is 9.48 Å². The Kier molecular flexibility index (Phi) is 5.31. The molecule has 3 aromatic rings. The van der Waals surface area contributed by atoms with Gasteiger partial charge in [0.15, 0.2) is 0 Å². The first-order valence-electron chi connectivity index (χ1n) is 9.21. The Morgan fingerprint density at radius 1 is 1.11 bits per heavy atom. The van der Waals surface area contributed by atoms with Gasteiger partial charge in [0.2, 0.25) is 0 Å². The van der Waals surface area contributed by atoms with Crippen LogP contribution in [0.25, 0.3) is 11.3 Å². The average molecular weight is 362 g/mol. The molecule has 0 bridgehead atoms. The molecule has 0 aliphatic rings. The number of aryl methyl sites for hydroxylation is 4. The van der Waals surface area contributed by atoms with Gasteiger partial charge >= 0.3 is 0 Å². The zero-order chi connectivity index (χ0) is 19.6. The summed E-state index contributed by atoms with van der Waals surface area (Å²) in [5, 5.41) is 7.77. The molecule has 1 heterocycles. The molecule has 1 aromatic heterocycles. The standard InChI is InChI=1S/C22H26N4O/c1-5-10-26-20(8-9-24-26)17-6-7-19(18(13-17)22(23)27)25-21-15(3)11-14(2)12-16(21)4/h6-9,11-13,25H,5,10H2,1-4H3,(H2,23,27). The molecule has 0 aliphatic carbocycles. The first-order valence-corrected chi connectivity index (χ1v) is 9.21. The maximum absolute atomic E-state index is 12.1. The summed E-state index contributed by atoms with van der Waals surface area (Å²) in [7, 11) is 0. The van der Waals surface area contributed by atoms with Crippen molar-refractivity contribution in [1.29, 1.82) is 0 Å². The Bertz CT molecular complexity index is 965. The van der Waals surface area contributed by atoms with E-state index in [4.69, 9.17) is 5.73 Å². The fourth-order valence-electron chi connectivity index (χ4n) is 3.50. The maximum Gasteiger partial charge on any atom is 0.250 e. The number of hydrogen-bond donors (Lipinski definition) is 2. The van der Waals surface area contributed by atoms with Crippen LogP contribution in [0.3, 0.4) is 0 Å². The number of nitrogens with zero attached hydrogens (tertiary/aromatic N) is 2. The van der Waals surface area contributed by atoms with E-state index in [0.717, 1.165) is 41.0 Å². The minimum atomic E-state index is -0.455. The maximum atomic E-state index is 12.1. The van der Waals surface area contributed by atoms with Gasteiger partial charge in [0, 0.05) is 24.0 Å². The van der Waals surface area contributed by atoms with Gasteiger partial charge in [-0.15, -0.1) is 0 Å². The molecule has 0 aliphatic heterocycles. The molecule has 5 heteroatoms. The van der Waals surface area contributed by atoms with Crippen LogP contribution >= 0.6 is 0 Å². The molecule has 3 rings (SSSR count). The zero-order valence-corrected chi connectivity index (χ0v) is 16.3. The molecule has 0 spiro atoms. The summed E-state index contributed by atoms with van der Waals surface area (Å²) < 4.78 is 1.95. The topological polar surface area (TPSA) is 72.9 Å². The number of amides is 1. The van der Waals surface area contributed by atoms with Gasteiger partial charge in [-0.2, -0.15) is 5.10 Å². The minimum Gasteiger partial charge on any atom is -0.366 e. The summed E-state index contributed by atoms with van der Waals surface area (Å²) >= 11 is 0. The highest BCUT2D eigenvalue weighted by Gasteiger charge is 2.14. The molecule has 0 atom stereocenters. The highest BCUT2D eigenvalue weighted by atomic mass is 16.1. The van der Waals surface area contributed by atoms with Crippen molar-refractivity contribution in [3.05, 3.63) is 64.8 Å². The van der Waals surface area contributed by atoms with E-state index in [1.54, 1.807) is 6.20 Å². The summed E-state index contributed by atoms with van der Waals surface area (Å²) in [5.74, 6) is -0.455. The highest BCUT2D eigenvalue weighted by Crippen LogP contribution is 2.30. The third-order valence-corrected chi connectivity index (χ3v) is 4.67. The lowest BCUT2D eigenvalue weighted by molar-refractivity contribution is 0.100. The predicted molar refractivity (Wildman–Crippen MR) is 110 cm³/mol. The van der Waals surface area contributed by atoms with Crippen molar-refractivity contribution in [2.75, 3.05) is 5.32 Å². The number of carbonyl (C=O) groups is 1. The van der Waals surface area contributed by atoms with Crippen molar-refractivity contribution in [3.63, 3.8) is 0 Å². The van der Waals surface area contributed by atoms with E-state index in [9.17, 15) is 4.79 Å². The zero-order valence-electron chi connectivity index (χ0n) is 16.3. The summed E-state index contributed by atoms with van der Waals surface area (Å²) in [5.41, 5.74) is 13.3. The monoisotopic (exact) mass is 362 g/mol. The Morgan fingerprint density at radius 3 is 2.44 bits per heavy atom. The lowest BCUT2D eigenvalue weighted by atomic mass is 10.0. The van der Waals surface area contributed by atoms with Crippen LogP contribution < -0.4 is 11.1 Å². The Balaban J connectivity index is 2.03. The molecule has 0 unspecified atom stereocenters. The van der Waals surface area contributed by atoms with Crippen molar-refractivity contribution in [2.45, 2.75) is 40.7 Å². The van der Waals surface area contributed by atoms with Crippen LogP contribution in [0.2, 0.25) is 0 Å². The molecule has 3 N–H and O–H groups in total. The molecule has 140 valence electrons. The number of carbonyl (C=O) groups excluding carboxylic acids is 1. The van der Waals surface area contributed by atoms with Crippen molar-refractivity contribution < 1.29 is 4.79 Å². The van der Waals surface area contributed by atoms with Crippen LogP contribution in [0.15, 0.2) is 42.6 Å². The van der Waals surface area contributed by atoms with Crippen molar-refractivity contribution in [3.8, 4) is 11.3 Å². The molecular weight excluding hydrogens is 336 g/mol. The fourth-order valence-corrected chi connectivity index (χ4v) is 3.50. The Labute approximate surface area is 160 Å². The van der Waals surface area contributed by atoms with Crippen molar-refractivity contribution in [2.24, 2.45) is 5.73 Å². The number of anilines is 2. The van der Waals surface area contributed by atoms with Crippen LogP contribution in [0, 0.1) is 20.8 Å². The van der Waals surface area contributed by atoms with Gasteiger partial charge in [-0.05, 0) is 56.5 Å². The molecule has 0 fully saturated rings. The molecule has 0 saturated carbocycles. The smallest absolute Gasteiger partial charge is 0.250 e. The van der Waals surface area contributed by atoms with Crippen LogP contribution in [0.4, 0.5) is 11.4 Å². The number of aromatic nitrogens is 2. The summed E-state index contributed by atoms with van der Waals surface area (Å²) in [6.45, 7) is 9.14. The van der Waals surface area contributed by atoms with Crippen LogP contribution in [0.5, 0.6) is 0 Å². The normalized spacial score (nSPS) is 10.8. The van der Waals surface area contributed by atoms with Crippen molar-refractivity contribution in [1.82, 2.24) is 9.78 Å². The molecule has 0 radical (unpaired) electrons. The van der Waals surface area contributed by atoms with Gasteiger partial charge in [0.1, 0.15) is 0 Å². The molecule has 5 nitrogen and oxygen atoms in total. The van der Waals surface area contributed by atoms with Gasteiger partial charge in [0.05, 0.1) is 16.9 Å². The van der Waals surface area contributed by atoms with Gasteiger partial charge in [0.25, 0.3) is 5.91 Å². The molecule has 1 amide bonds. The van der Waals surface area contributed by atoms with Crippen LogP contribution in [-0.4, -0.2) is 15.7 Å². The van der Waals surface area contributed by atoms with Gasteiger partial charge in [-0.1, -0.05) is 30.7 Å². The van der Waals surface area contributed by atoms with E-state index in [0.29, 0.717) is 11.3 Å². The van der Waals surface area contributed by atoms with Gasteiger partial charge < -0.3 is 11.1 Å². The lowest BCUT2D eigenvalue weighted by Crippen LogP contribution is -2.14. The second-order valence-electron chi connectivity index (χ2n) is 6.96. The first-order chi connectivity index (χ1) is 12.9. The Morgan fingerprint density at radius 2 is 1.81 bits per heavy atom. The van der Waals surface area contributed by atoms with E-state index >= 15 is 0 Å². The van der Waals surface area contributed by atoms with E-state index in [2.05, 4.69) is 50.2 Å². The molecule has 27 heavy (non-hydrogen) atoms. The fraction of sp³-hybridized carbons (Fsp3) is 0.273. The van der Waals surface area contributed by atoms with E-state index in [1.807, 2.05) is 28.9 Å². The lowest BCUT2D eigenvalue weighted by Gasteiger charge is -2.17. The van der Waals surface area contributed by atoms with Crippen LogP contribution in [0.1, 0.15) is 40.4 Å². The van der Waals surface area contributed by atoms with E-state index in [-0.39, 0.29) is 0 Å². The predicted octanol–water partition coefficient (Wildman–Crippen LogP) is 4.73. The van der Waals surface area contributed by atoms with Gasteiger partial charge in [-0.25, -0.2) is 0 Å². The Hall–Kier alpha value is -3.08. The van der Waals surface area contributed by atoms with Crippen LogP contribution in [-0.2, 0) is 6.54 Å². The number of rotatable bonds is 6. The highest BCUT2D eigenvalue weighted by molar-refractivity contribution is 6.00. The van der Waals surface area contributed by atoms with E-state index in [1.165, 1.54) is 5.56 Å². The molecular formula is C22H26N4O. The minimum absolute atomic E-state index is 0.455. The number of primary amides is 1. The number of nitrogens with one attached hydrogen (secondary N) is 1. The summed E-state index contributed by atoms with van der Waals surface area (Å²) in [6, 6.07) is 12.0. The summed E-state index contributed by atoms with van der Waals surface area (Å²) in [6.07, 6.45) is 2.77. The van der Waals surface area contributed by atoms with E-state index < -0.39 is 5.91 Å². The summed E-state index contributed by atoms with van der Waals surface area (Å²) in [4.78, 5) is 12.1. The average Bonchev–Trinajstić information content (AvgIpc) is 3.06. The first kappa shape index (κ1) is 18.7. The van der Waals surface area contributed by atoms with Crippen molar-refractivity contribution >= 4 is 17.3 Å². The quantitative estimate of drug-likeness (QED) is 0.666. The second-order valence-corrected chi connectivity index (χ2v) is 6.96. The number of benzene rings is 2. The SMILES string of the molecule is CCCn1nccc1-c1ccc(Nc2c(C)cc(C)cc2C)c(C(N)=O)c1. The number of nitrogens with two attached hydrogens (primary N) is 1. The third-order valence-electron chi connectivity index (χ3n) is 4.67. The second kappa shape index (κ2) is 7.66. The largest absolute Gasteiger partial charge is 0.366 e. The number of hydrogen-bond acceptors (Lipinski definition) is 3. The third kappa shape index (κ3) is 3.87.